The van der Waals surface area contributed by atoms with Crippen molar-refractivity contribution in [3.05, 3.63) is 30.1 Å². The summed E-state index contributed by atoms with van der Waals surface area (Å²) in [5.74, 6) is 0. The second kappa shape index (κ2) is 7.06. The van der Waals surface area contributed by atoms with Crippen LogP contribution >= 0.6 is 0 Å². The maximum absolute atomic E-state index is 11.7. The maximum Gasteiger partial charge on any atom is 0.153 e. The number of nitrogens with zero attached hydrogens (tertiary/aromatic N) is 2. The third-order valence-corrected chi connectivity index (χ3v) is 6.67. The number of hydrogen-bond acceptors (Lipinski definition) is 5. The van der Waals surface area contributed by atoms with E-state index in [0.717, 1.165) is 38.2 Å². The summed E-state index contributed by atoms with van der Waals surface area (Å²) >= 11 is 0. The number of rotatable bonds is 6. The molecule has 6 heteroatoms. The molecule has 1 aromatic rings. The summed E-state index contributed by atoms with van der Waals surface area (Å²) < 4.78 is 22.7. The molecular formula is C16H27N3O2S. The van der Waals surface area contributed by atoms with Crippen molar-refractivity contribution in [1.82, 2.24) is 15.2 Å². The standard InChI is InChI=1S/C16H27N3O2S/c1-16(2,22(3,20)21)13-18-14-7-10-19(11-8-14)12-15-6-4-5-9-17-15/h4-6,9,14,18H,7-8,10-13H2,1-3H3. The van der Waals surface area contributed by atoms with E-state index in [4.69, 9.17) is 0 Å². The average Bonchev–Trinajstić information content (AvgIpc) is 2.46. The number of pyridine rings is 1. The van der Waals surface area contributed by atoms with Gasteiger partial charge >= 0.3 is 0 Å². The molecule has 0 unspecified atom stereocenters. The van der Waals surface area contributed by atoms with Crippen LogP contribution in [-0.2, 0) is 16.4 Å². The van der Waals surface area contributed by atoms with Crippen LogP contribution in [0.4, 0.5) is 0 Å². The zero-order chi connectivity index (χ0) is 16.2. The summed E-state index contributed by atoms with van der Waals surface area (Å²) in [6.45, 7) is 7.01. The van der Waals surface area contributed by atoms with Crippen molar-refractivity contribution in [2.75, 3.05) is 25.9 Å². The first-order chi connectivity index (χ1) is 10.3. The highest BCUT2D eigenvalue weighted by Gasteiger charge is 2.31. The van der Waals surface area contributed by atoms with Gasteiger partial charge in [-0.25, -0.2) is 8.42 Å². The molecule has 22 heavy (non-hydrogen) atoms. The van der Waals surface area contributed by atoms with Crippen LogP contribution in [0.3, 0.4) is 0 Å². The Hall–Kier alpha value is -0.980. The number of likely N-dealkylation sites (tertiary alicyclic amines) is 1. The van der Waals surface area contributed by atoms with Gasteiger partial charge in [0, 0.05) is 44.7 Å². The fourth-order valence-corrected chi connectivity index (χ4v) is 2.88. The van der Waals surface area contributed by atoms with Gasteiger partial charge in [-0.1, -0.05) is 6.07 Å². The molecule has 0 amide bonds. The van der Waals surface area contributed by atoms with Gasteiger partial charge < -0.3 is 5.32 Å². The van der Waals surface area contributed by atoms with Crippen LogP contribution < -0.4 is 5.32 Å². The molecule has 5 nitrogen and oxygen atoms in total. The highest BCUT2D eigenvalue weighted by atomic mass is 32.2. The molecule has 1 aliphatic heterocycles. The summed E-state index contributed by atoms with van der Waals surface area (Å²) in [7, 11) is -3.04. The van der Waals surface area contributed by atoms with Gasteiger partial charge in [0.25, 0.3) is 0 Å². The molecule has 1 N–H and O–H groups in total. The lowest BCUT2D eigenvalue weighted by Gasteiger charge is -2.34. The quantitative estimate of drug-likeness (QED) is 0.858. The highest BCUT2D eigenvalue weighted by molar-refractivity contribution is 7.92. The summed E-state index contributed by atoms with van der Waals surface area (Å²) in [5.41, 5.74) is 1.10. The molecule has 2 rings (SSSR count). The lowest BCUT2D eigenvalue weighted by Crippen LogP contribution is -2.48. The number of hydrogen-bond donors (Lipinski definition) is 1. The van der Waals surface area contributed by atoms with Gasteiger partial charge in [-0.3, -0.25) is 9.88 Å². The van der Waals surface area contributed by atoms with Crippen LogP contribution in [0.25, 0.3) is 0 Å². The first kappa shape index (κ1) is 17.4. The summed E-state index contributed by atoms with van der Waals surface area (Å²) in [6, 6.07) is 6.41. The Balaban J connectivity index is 1.76. The molecule has 1 saturated heterocycles. The zero-order valence-corrected chi connectivity index (χ0v) is 14.6. The van der Waals surface area contributed by atoms with E-state index in [-0.39, 0.29) is 0 Å². The number of sulfone groups is 1. The lowest BCUT2D eigenvalue weighted by atomic mass is 10.0. The molecule has 2 heterocycles. The van der Waals surface area contributed by atoms with Crippen LogP contribution in [0.1, 0.15) is 32.4 Å². The smallest absolute Gasteiger partial charge is 0.153 e. The Morgan fingerprint density at radius 2 is 2.00 bits per heavy atom. The zero-order valence-electron chi connectivity index (χ0n) is 13.7. The molecule has 0 saturated carbocycles. The molecule has 0 spiro atoms. The lowest BCUT2D eigenvalue weighted by molar-refractivity contribution is 0.187. The first-order valence-corrected chi connectivity index (χ1v) is 9.72. The maximum atomic E-state index is 11.7. The minimum atomic E-state index is -3.04. The molecule has 0 aromatic carbocycles. The minimum absolute atomic E-state index is 0.404. The molecular weight excluding hydrogens is 298 g/mol. The molecule has 1 aromatic heterocycles. The van der Waals surface area contributed by atoms with Gasteiger partial charge in [-0.05, 0) is 38.8 Å². The Morgan fingerprint density at radius 3 is 2.55 bits per heavy atom. The van der Waals surface area contributed by atoms with E-state index in [9.17, 15) is 8.42 Å². The van der Waals surface area contributed by atoms with E-state index in [0.29, 0.717) is 12.6 Å². The van der Waals surface area contributed by atoms with Crippen LogP contribution in [0.15, 0.2) is 24.4 Å². The molecule has 0 radical (unpaired) electrons. The normalized spacial score (nSPS) is 18.5. The van der Waals surface area contributed by atoms with Crippen LogP contribution in [0, 0.1) is 0 Å². The molecule has 0 aliphatic carbocycles. The Kier molecular flexibility index (Phi) is 5.58. The van der Waals surface area contributed by atoms with Crippen molar-refractivity contribution in [2.45, 2.75) is 44.0 Å². The van der Waals surface area contributed by atoms with E-state index in [2.05, 4.69) is 21.3 Å². The van der Waals surface area contributed by atoms with Crippen molar-refractivity contribution in [1.29, 1.82) is 0 Å². The number of aromatic nitrogens is 1. The molecule has 124 valence electrons. The predicted octanol–water partition coefficient (Wildman–Crippen LogP) is 1.46. The van der Waals surface area contributed by atoms with Crippen LogP contribution in [-0.4, -0.2) is 55.0 Å². The van der Waals surface area contributed by atoms with Crippen molar-refractivity contribution in [2.24, 2.45) is 0 Å². The van der Waals surface area contributed by atoms with Crippen molar-refractivity contribution in [3.8, 4) is 0 Å². The molecule has 1 aliphatic rings. The van der Waals surface area contributed by atoms with Crippen LogP contribution in [0.2, 0.25) is 0 Å². The Morgan fingerprint density at radius 1 is 1.32 bits per heavy atom. The van der Waals surface area contributed by atoms with E-state index in [1.807, 2.05) is 18.3 Å². The second-order valence-corrected chi connectivity index (χ2v) is 9.43. The summed E-state index contributed by atoms with van der Waals surface area (Å²) in [4.78, 5) is 6.77. The minimum Gasteiger partial charge on any atom is -0.312 e. The van der Waals surface area contributed by atoms with Gasteiger partial charge in [0.1, 0.15) is 0 Å². The SMILES string of the molecule is CC(C)(CNC1CCN(Cc2ccccn2)CC1)S(C)(=O)=O. The number of nitrogens with one attached hydrogen (secondary N) is 1. The molecule has 0 atom stereocenters. The van der Waals surface area contributed by atoms with E-state index in [1.165, 1.54) is 6.26 Å². The summed E-state index contributed by atoms with van der Waals surface area (Å²) in [6.07, 6.45) is 5.24. The topological polar surface area (TPSA) is 62.3 Å². The van der Waals surface area contributed by atoms with Crippen molar-refractivity contribution < 1.29 is 8.42 Å². The van der Waals surface area contributed by atoms with E-state index in [1.54, 1.807) is 13.8 Å². The van der Waals surface area contributed by atoms with Gasteiger partial charge in [-0.15, -0.1) is 0 Å². The highest BCUT2D eigenvalue weighted by Crippen LogP contribution is 2.17. The predicted molar refractivity (Wildman–Crippen MR) is 89.5 cm³/mol. The van der Waals surface area contributed by atoms with E-state index < -0.39 is 14.6 Å². The molecule has 1 fully saturated rings. The third-order valence-electron chi connectivity index (χ3n) is 4.52. The number of piperidine rings is 1. The van der Waals surface area contributed by atoms with Gasteiger partial charge in [0.15, 0.2) is 9.84 Å². The fraction of sp³-hybridized carbons (Fsp3) is 0.688. The Labute approximate surface area is 134 Å². The van der Waals surface area contributed by atoms with Gasteiger partial charge in [-0.2, -0.15) is 0 Å². The largest absolute Gasteiger partial charge is 0.312 e. The Bertz CT molecular complexity index is 564. The summed E-state index contributed by atoms with van der Waals surface area (Å²) in [5, 5.41) is 3.43. The third kappa shape index (κ3) is 4.76. The molecule has 0 bridgehead atoms. The average molecular weight is 325 g/mol. The van der Waals surface area contributed by atoms with Crippen molar-refractivity contribution in [3.63, 3.8) is 0 Å². The van der Waals surface area contributed by atoms with Crippen LogP contribution in [0.5, 0.6) is 0 Å². The first-order valence-electron chi connectivity index (χ1n) is 7.83. The van der Waals surface area contributed by atoms with Gasteiger partial charge in [0.2, 0.25) is 0 Å². The van der Waals surface area contributed by atoms with Crippen molar-refractivity contribution >= 4 is 9.84 Å². The van der Waals surface area contributed by atoms with Gasteiger partial charge in [0.05, 0.1) is 10.4 Å². The van der Waals surface area contributed by atoms with E-state index >= 15 is 0 Å². The second-order valence-electron chi connectivity index (χ2n) is 6.78. The monoisotopic (exact) mass is 325 g/mol. The fourth-order valence-electron chi connectivity index (χ4n) is 2.54.